The van der Waals surface area contributed by atoms with Gasteiger partial charge in [0.1, 0.15) is 0 Å². The predicted molar refractivity (Wildman–Crippen MR) is 48.0 cm³/mol. The van der Waals surface area contributed by atoms with Gasteiger partial charge < -0.3 is 10.9 Å². The van der Waals surface area contributed by atoms with E-state index in [1.54, 1.807) is 24.3 Å². The minimum Gasteiger partial charge on any atom is -0.432 e. The van der Waals surface area contributed by atoms with Gasteiger partial charge in [-0.15, -0.1) is 0 Å². The van der Waals surface area contributed by atoms with Gasteiger partial charge in [-0.1, -0.05) is 24.8 Å². The highest BCUT2D eigenvalue weighted by Gasteiger charge is 2.01. The molecule has 0 bridgehead atoms. The van der Waals surface area contributed by atoms with Gasteiger partial charge in [-0.05, 0) is 12.1 Å². The van der Waals surface area contributed by atoms with Crippen LogP contribution < -0.4 is 6.15 Å². The second-order valence-electron chi connectivity index (χ2n) is 1.94. The second kappa shape index (κ2) is 5.09. The first-order chi connectivity index (χ1) is 5.34. The Labute approximate surface area is 71.2 Å². The molecule has 4 N–H and O–H groups in total. The molecular weight excluding hydrogens is 154 g/mol. The number of benzene rings is 1. The smallest absolute Gasteiger partial charge is 0.342 e. The molecule has 0 aliphatic heterocycles. The van der Waals surface area contributed by atoms with Crippen molar-refractivity contribution in [3.05, 3.63) is 48.7 Å². The van der Waals surface area contributed by atoms with Crippen LogP contribution in [0, 0.1) is 0 Å². The van der Waals surface area contributed by atoms with E-state index in [1.165, 1.54) is 0 Å². The van der Waals surface area contributed by atoms with Crippen LogP contribution >= 0.6 is 0 Å². The Kier molecular flexibility index (Phi) is 4.41. The zero-order valence-electron chi connectivity index (χ0n) is 6.99. The first kappa shape index (κ1) is 10.4. The summed E-state index contributed by atoms with van der Waals surface area (Å²) in [7, 11) is 0. The summed E-state index contributed by atoms with van der Waals surface area (Å²) in [6.45, 7) is 3.28. The Morgan fingerprint density at radius 1 is 1.33 bits per heavy atom. The summed E-state index contributed by atoms with van der Waals surface area (Å²) in [4.78, 5) is 11.0. The lowest BCUT2D eigenvalue weighted by atomic mass is 10.2. The average molecular weight is 166 g/mol. The van der Waals surface area contributed by atoms with Crippen LogP contribution in [0.3, 0.4) is 0 Å². The Morgan fingerprint density at radius 2 is 1.92 bits per heavy atom. The van der Waals surface area contributed by atoms with Crippen LogP contribution in [0.4, 0.5) is 0 Å². The molecule has 0 atom stereocenters. The molecule has 0 fully saturated rings. The number of esters is 1. The lowest BCUT2D eigenvalue weighted by Crippen LogP contribution is -1.98. The van der Waals surface area contributed by atoms with Crippen molar-refractivity contribution in [2.45, 2.75) is 0 Å². The van der Waals surface area contributed by atoms with Gasteiger partial charge in [0.2, 0.25) is 0 Å². The van der Waals surface area contributed by atoms with E-state index >= 15 is 0 Å². The van der Waals surface area contributed by atoms with Crippen molar-refractivity contribution in [3.63, 3.8) is 0 Å². The molecule has 0 spiro atoms. The third-order valence-corrected chi connectivity index (χ3v) is 1.20. The van der Waals surface area contributed by atoms with E-state index < -0.39 is 0 Å². The van der Waals surface area contributed by atoms with Gasteiger partial charge in [-0.25, -0.2) is 4.79 Å². The number of hydrogen-bond donors (Lipinski definition) is 1. The Morgan fingerprint density at radius 3 is 2.42 bits per heavy atom. The molecule has 3 nitrogen and oxygen atoms in total. The van der Waals surface area contributed by atoms with Crippen molar-refractivity contribution in [2.75, 3.05) is 0 Å². The van der Waals surface area contributed by atoms with E-state index in [4.69, 9.17) is 0 Å². The summed E-state index contributed by atoms with van der Waals surface area (Å²) in [5.74, 6) is -0.374. The molecule has 0 saturated carbocycles. The standard InChI is InChI=1S/C9H8O2.H3N/c1-2-11-9(10)8-6-4-3-5-7-8;/h2-7H,1H2;1H3/p+1. The molecule has 1 aromatic rings. The molecule has 0 heterocycles. The third-order valence-electron chi connectivity index (χ3n) is 1.20. The molecule has 0 aromatic heterocycles. The van der Waals surface area contributed by atoms with Crippen molar-refractivity contribution in [1.29, 1.82) is 0 Å². The van der Waals surface area contributed by atoms with Crippen molar-refractivity contribution in [3.8, 4) is 0 Å². The molecule has 1 aromatic carbocycles. The van der Waals surface area contributed by atoms with Gasteiger partial charge in [0, 0.05) is 0 Å². The predicted octanol–water partition coefficient (Wildman–Crippen LogP) is 2.36. The van der Waals surface area contributed by atoms with Crippen LogP contribution in [0.5, 0.6) is 0 Å². The monoisotopic (exact) mass is 166 g/mol. The van der Waals surface area contributed by atoms with E-state index in [9.17, 15) is 4.79 Å². The Bertz CT molecular complexity index is 256. The summed E-state index contributed by atoms with van der Waals surface area (Å²) in [6, 6.07) is 8.77. The molecule has 0 saturated heterocycles. The number of carbonyl (C=O) groups is 1. The maximum absolute atomic E-state index is 11.0. The molecule has 1 rings (SSSR count). The van der Waals surface area contributed by atoms with E-state index in [0.29, 0.717) is 5.56 Å². The van der Waals surface area contributed by atoms with E-state index in [-0.39, 0.29) is 12.1 Å². The van der Waals surface area contributed by atoms with Crippen LogP contribution in [-0.2, 0) is 4.74 Å². The molecule has 3 heteroatoms. The SMILES string of the molecule is C=COC(=O)c1ccccc1.[NH4+]. The van der Waals surface area contributed by atoms with Crippen LogP contribution in [0.15, 0.2) is 43.2 Å². The maximum Gasteiger partial charge on any atom is 0.342 e. The van der Waals surface area contributed by atoms with Crippen molar-refractivity contribution < 1.29 is 9.53 Å². The molecule has 64 valence electrons. The fraction of sp³-hybridized carbons (Fsp3) is 0. The van der Waals surface area contributed by atoms with Gasteiger partial charge in [0.25, 0.3) is 0 Å². The number of quaternary nitrogens is 1. The first-order valence-electron chi connectivity index (χ1n) is 3.21. The molecule has 0 aliphatic rings. The number of hydrogen-bond acceptors (Lipinski definition) is 2. The second-order valence-corrected chi connectivity index (χ2v) is 1.94. The molecule has 0 unspecified atom stereocenters. The summed E-state index contributed by atoms with van der Waals surface area (Å²) in [5, 5.41) is 0. The summed E-state index contributed by atoms with van der Waals surface area (Å²) in [5.41, 5.74) is 0.535. The topological polar surface area (TPSA) is 62.8 Å². The fourth-order valence-electron chi connectivity index (χ4n) is 0.718. The highest BCUT2D eigenvalue weighted by Crippen LogP contribution is 2.00. The average Bonchev–Trinajstić information content (AvgIpc) is 2.07. The normalized spacial score (nSPS) is 8.00. The minimum absolute atomic E-state index is 0. The molecule has 0 radical (unpaired) electrons. The van der Waals surface area contributed by atoms with E-state index in [0.717, 1.165) is 6.26 Å². The van der Waals surface area contributed by atoms with Crippen molar-refractivity contribution >= 4 is 5.97 Å². The molecular formula is C9H12NO2+. The number of ether oxygens (including phenoxy) is 1. The van der Waals surface area contributed by atoms with Crippen molar-refractivity contribution in [1.82, 2.24) is 6.15 Å². The highest BCUT2D eigenvalue weighted by atomic mass is 16.5. The first-order valence-corrected chi connectivity index (χ1v) is 3.21. The Hall–Kier alpha value is -1.61. The van der Waals surface area contributed by atoms with Crippen LogP contribution in [0.2, 0.25) is 0 Å². The zero-order chi connectivity index (χ0) is 8.10. The number of rotatable bonds is 2. The van der Waals surface area contributed by atoms with Crippen molar-refractivity contribution in [2.24, 2.45) is 0 Å². The molecule has 12 heavy (non-hydrogen) atoms. The lowest BCUT2D eigenvalue weighted by Gasteiger charge is -1.96. The van der Waals surface area contributed by atoms with Crippen LogP contribution in [-0.4, -0.2) is 5.97 Å². The van der Waals surface area contributed by atoms with Gasteiger partial charge >= 0.3 is 5.97 Å². The van der Waals surface area contributed by atoms with E-state index in [1.807, 2.05) is 6.07 Å². The Balaban J connectivity index is 0.00000121. The summed E-state index contributed by atoms with van der Waals surface area (Å²) in [6.07, 6.45) is 1.12. The van der Waals surface area contributed by atoms with Gasteiger partial charge in [-0.2, -0.15) is 0 Å². The quantitative estimate of drug-likeness (QED) is 0.541. The summed E-state index contributed by atoms with van der Waals surface area (Å²) >= 11 is 0. The van der Waals surface area contributed by atoms with Gasteiger partial charge in [-0.3, -0.25) is 0 Å². The fourth-order valence-corrected chi connectivity index (χ4v) is 0.718. The van der Waals surface area contributed by atoms with Gasteiger partial charge in [0.15, 0.2) is 0 Å². The minimum atomic E-state index is -0.374. The lowest BCUT2D eigenvalue weighted by molar-refractivity contribution is 0.0664. The number of carbonyl (C=O) groups excluding carboxylic acids is 1. The van der Waals surface area contributed by atoms with Crippen LogP contribution in [0.1, 0.15) is 10.4 Å². The van der Waals surface area contributed by atoms with E-state index in [2.05, 4.69) is 11.3 Å². The van der Waals surface area contributed by atoms with Gasteiger partial charge in [0.05, 0.1) is 11.8 Å². The third kappa shape index (κ3) is 2.56. The van der Waals surface area contributed by atoms with Crippen LogP contribution in [0.25, 0.3) is 0 Å². The summed E-state index contributed by atoms with van der Waals surface area (Å²) < 4.78 is 4.55. The molecule has 0 amide bonds. The highest BCUT2D eigenvalue weighted by molar-refractivity contribution is 5.89. The maximum atomic E-state index is 11.0. The zero-order valence-corrected chi connectivity index (χ0v) is 6.99. The molecule has 0 aliphatic carbocycles. The largest absolute Gasteiger partial charge is 0.432 e.